The zero-order valence-electron chi connectivity index (χ0n) is 17.6. The lowest BCUT2D eigenvalue weighted by Gasteiger charge is -2.36. The van der Waals surface area contributed by atoms with Crippen LogP contribution < -0.4 is 15.2 Å². The smallest absolute Gasteiger partial charge is 0.255 e. The van der Waals surface area contributed by atoms with E-state index in [0.29, 0.717) is 19.1 Å². The first-order valence-corrected chi connectivity index (χ1v) is 10.7. The average molecular weight is 409 g/mol. The predicted octanol–water partition coefficient (Wildman–Crippen LogP) is 2.22. The number of anilines is 1. The van der Waals surface area contributed by atoms with Gasteiger partial charge in [-0.2, -0.15) is 0 Å². The van der Waals surface area contributed by atoms with Gasteiger partial charge in [-0.05, 0) is 38.0 Å². The van der Waals surface area contributed by atoms with E-state index in [1.807, 2.05) is 18.2 Å². The molecule has 7 nitrogen and oxygen atoms in total. The van der Waals surface area contributed by atoms with Gasteiger partial charge in [-0.1, -0.05) is 18.2 Å². The van der Waals surface area contributed by atoms with Crippen LogP contribution in [0.15, 0.2) is 34.6 Å². The second-order valence-corrected chi connectivity index (χ2v) is 8.57. The topological polar surface area (TPSA) is 70.7 Å². The minimum Gasteiger partial charge on any atom is -0.489 e. The Morgan fingerprint density at radius 3 is 2.83 bits per heavy atom. The summed E-state index contributed by atoms with van der Waals surface area (Å²) in [5.74, 6) is 1.61. The van der Waals surface area contributed by atoms with Crippen molar-refractivity contribution in [2.24, 2.45) is 0 Å². The van der Waals surface area contributed by atoms with Crippen molar-refractivity contribution in [3.8, 4) is 5.75 Å². The van der Waals surface area contributed by atoms with E-state index in [2.05, 4.69) is 40.8 Å². The lowest BCUT2D eigenvalue weighted by molar-refractivity contribution is -0.00576. The molecule has 1 N–H and O–H groups in total. The maximum Gasteiger partial charge on any atom is 0.255 e. The number of aromatic amines is 1. The van der Waals surface area contributed by atoms with Crippen molar-refractivity contribution in [1.29, 1.82) is 0 Å². The van der Waals surface area contributed by atoms with Crippen molar-refractivity contribution in [1.82, 2.24) is 14.9 Å². The number of H-pyrrole nitrogens is 1. The van der Waals surface area contributed by atoms with Crippen LogP contribution >= 0.6 is 0 Å². The van der Waals surface area contributed by atoms with Gasteiger partial charge in [0.15, 0.2) is 0 Å². The summed E-state index contributed by atoms with van der Waals surface area (Å²) in [4.78, 5) is 25.1. The zero-order valence-corrected chi connectivity index (χ0v) is 17.6. The number of ether oxygens (including phenoxy) is 2. The third-order valence-corrected chi connectivity index (χ3v) is 5.98. The van der Waals surface area contributed by atoms with Gasteiger partial charge in [0.05, 0.1) is 17.9 Å². The molecule has 0 aliphatic carbocycles. The van der Waals surface area contributed by atoms with Crippen molar-refractivity contribution in [2.45, 2.75) is 39.0 Å². The molecule has 3 aliphatic heterocycles. The van der Waals surface area contributed by atoms with Crippen molar-refractivity contribution in [3.05, 3.63) is 57.0 Å². The van der Waals surface area contributed by atoms with Crippen LogP contribution in [0.4, 0.5) is 5.95 Å². The van der Waals surface area contributed by atoms with Gasteiger partial charge in [-0.25, -0.2) is 4.98 Å². The largest absolute Gasteiger partial charge is 0.489 e. The van der Waals surface area contributed by atoms with Gasteiger partial charge in [0.25, 0.3) is 5.56 Å². The Morgan fingerprint density at radius 2 is 2.00 bits per heavy atom. The molecule has 1 aromatic carbocycles. The summed E-state index contributed by atoms with van der Waals surface area (Å²) < 4.78 is 11.7. The molecule has 1 fully saturated rings. The highest BCUT2D eigenvalue weighted by Gasteiger charge is 2.27. The first-order chi connectivity index (χ1) is 14.5. The van der Waals surface area contributed by atoms with E-state index in [1.54, 1.807) is 0 Å². The molecule has 0 radical (unpaired) electrons. The lowest BCUT2D eigenvalue weighted by Crippen LogP contribution is -2.47. The molecule has 3 aliphatic rings. The zero-order chi connectivity index (χ0) is 20.7. The van der Waals surface area contributed by atoms with Gasteiger partial charge in [-0.3, -0.25) is 14.7 Å². The van der Waals surface area contributed by atoms with Crippen molar-refractivity contribution >= 4 is 12.0 Å². The van der Waals surface area contributed by atoms with Gasteiger partial charge < -0.3 is 14.4 Å². The van der Waals surface area contributed by atoms with E-state index in [9.17, 15) is 4.79 Å². The number of nitrogens with one attached hydrogen (secondary N) is 1. The molecule has 0 spiro atoms. The SMILES string of the molecule is C[C@@H]1CN(c2nc3c(c(=O)[nH]2)CCN(CC2=Cc4ccccc4OC2)C3)C[C@H](C)O1. The molecule has 2 aromatic rings. The van der Waals surface area contributed by atoms with E-state index in [4.69, 9.17) is 14.5 Å². The highest BCUT2D eigenvalue weighted by Crippen LogP contribution is 2.27. The molecule has 4 heterocycles. The Morgan fingerprint density at radius 1 is 1.20 bits per heavy atom. The summed E-state index contributed by atoms with van der Waals surface area (Å²) in [5.41, 5.74) is 4.09. The predicted molar refractivity (Wildman–Crippen MR) is 116 cm³/mol. The Balaban J connectivity index is 1.34. The summed E-state index contributed by atoms with van der Waals surface area (Å²) in [5, 5.41) is 0. The first-order valence-electron chi connectivity index (χ1n) is 10.7. The van der Waals surface area contributed by atoms with Gasteiger partial charge in [0.1, 0.15) is 12.4 Å². The number of hydrogen-bond acceptors (Lipinski definition) is 6. The first kappa shape index (κ1) is 19.3. The van der Waals surface area contributed by atoms with E-state index in [0.717, 1.165) is 55.2 Å². The summed E-state index contributed by atoms with van der Waals surface area (Å²) in [6.07, 6.45) is 3.18. The maximum absolute atomic E-state index is 12.7. The van der Waals surface area contributed by atoms with E-state index >= 15 is 0 Å². The van der Waals surface area contributed by atoms with Gasteiger partial charge in [0, 0.05) is 43.9 Å². The highest BCUT2D eigenvalue weighted by molar-refractivity contribution is 5.62. The Labute approximate surface area is 176 Å². The number of para-hydroxylation sites is 1. The van der Waals surface area contributed by atoms with Crippen LogP contribution in [-0.4, -0.2) is 59.9 Å². The number of benzene rings is 1. The molecule has 1 aromatic heterocycles. The molecular weight excluding hydrogens is 380 g/mol. The molecule has 1 saturated heterocycles. The van der Waals surface area contributed by atoms with Crippen LogP contribution in [0.5, 0.6) is 5.75 Å². The van der Waals surface area contributed by atoms with Crippen molar-refractivity contribution in [3.63, 3.8) is 0 Å². The number of hydrogen-bond donors (Lipinski definition) is 1. The number of rotatable bonds is 3. The van der Waals surface area contributed by atoms with Crippen LogP contribution in [0.25, 0.3) is 6.08 Å². The normalized spacial score (nSPS) is 23.9. The summed E-state index contributed by atoms with van der Waals surface area (Å²) in [7, 11) is 0. The number of fused-ring (bicyclic) bond motifs is 2. The Kier molecular flexibility index (Phi) is 5.08. The summed E-state index contributed by atoms with van der Waals surface area (Å²) >= 11 is 0. The molecule has 5 rings (SSSR count). The summed E-state index contributed by atoms with van der Waals surface area (Å²) in [6.45, 7) is 8.54. The van der Waals surface area contributed by atoms with Gasteiger partial charge in [0.2, 0.25) is 5.95 Å². The molecule has 30 heavy (non-hydrogen) atoms. The standard InChI is InChI=1S/C23H28N4O3/c1-15-10-27(11-16(2)30-15)23-24-20-13-26(8-7-19(20)22(28)25-23)12-17-9-18-5-3-4-6-21(18)29-14-17/h3-6,9,15-16H,7-8,10-14H2,1-2H3,(H,24,25,28)/t15-,16+. The van der Waals surface area contributed by atoms with Crippen LogP contribution in [-0.2, 0) is 17.7 Å². The highest BCUT2D eigenvalue weighted by atomic mass is 16.5. The molecular formula is C23H28N4O3. The average Bonchev–Trinajstić information content (AvgIpc) is 2.73. The number of aromatic nitrogens is 2. The number of nitrogens with zero attached hydrogens (tertiary/aromatic N) is 3. The molecule has 7 heteroatoms. The van der Waals surface area contributed by atoms with Crippen LogP contribution in [0.2, 0.25) is 0 Å². The second-order valence-electron chi connectivity index (χ2n) is 8.57. The number of morpholine rings is 1. The molecule has 0 saturated carbocycles. The fraction of sp³-hybridized carbons (Fsp3) is 0.478. The lowest BCUT2D eigenvalue weighted by atomic mass is 10.0. The quantitative estimate of drug-likeness (QED) is 0.840. The monoisotopic (exact) mass is 408 g/mol. The molecule has 0 amide bonds. The van der Waals surface area contributed by atoms with E-state index < -0.39 is 0 Å². The van der Waals surface area contributed by atoms with Gasteiger partial charge >= 0.3 is 0 Å². The summed E-state index contributed by atoms with van der Waals surface area (Å²) in [6, 6.07) is 8.11. The minimum atomic E-state index is -0.00408. The Bertz CT molecular complexity index is 1020. The molecule has 158 valence electrons. The van der Waals surface area contributed by atoms with Gasteiger partial charge in [-0.15, -0.1) is 0 Å². The van der Waals surface area contributed by atoms with Crippen LogP contribution in [0, 0.1) is 0 Å². The van der Waals surface area contributed by atoms with Crippen LogP contribution in [0.3, 0.4) is 0 Å². The molecule has 0 bridgehead atoms. The van der Waals surface area contributed by atoms with Crippen molar-refractivity contribution < 1.29 is 9.47 Å². The van der Waals surface area contributed by atoms with E-state index in [1.165, 1.54) is 5.57 Å². The fourth-order valence-corrected chi connectivity index (χ4v) is 4.66. The molecule has 0 unspecified atom stereocenters. The molecule has 2 atom stereocenters. The Hall–Kier alpha value is -2.64. The minimum absolute atomic E-state index is 0.00408. The van der Waals surface area contributed by atoms with Crippen molar-refractivity contribution in [2.75, 3.05) is 37.7 Å². The maximum atomic E-state index is 12.7. The third-order valence-electron chi connectivity index (χ3n) is 5.98. The fourth-order valence-electron chi connectivity index (χ4n) is 4.66. The third kappa shape index (κ3) is 3.87. The van der Waals surface area contributed by atoms with Crippen LogP contribution in [0.1, 0.15) is 30.7 Å². The second kappa shape index (κ2) is 7.89. The van der Waals surface area contributed by atoms with E-state index in [-0.39, 0.29) is 17.8 Å².